The van der Waals surface area contributed by atoms with E-state index in [2.05, 4.69) is 4.37 Å². The molecule has 1 aromatic carbocycles. The summed E-state index contributed by atoms with van der Waals surface area (Å²) in [6, 6.07) is 4.22. The van der Waals surface area contributed by atoms with Gasteiger partial charge in [0.05, 0.1) is 5.69 Å². The first-order chi connectivity index (χ1) is 7.56. The highest BCUT2D eigenvalue weighted by Crippen LogP contribution is 2.23. The Kier molecular flexibility index (Phi) is 2.66. The van der Waals surface area contributed by atoms with Crippen LogP contribution in [0.3, 0.4) is 0 Å². The Bertz CT molecular complexity index is 533. The lowest BCUT2D eigenvalue weighted by Gasteiger charge is -1.96. The van der Waals surface area contributed by atoms with Crippen molar-refractivity contribution in [1.29, 1.82) is 0 Å². The number of hydrogen-bond donors (Lipinski definition) is 1. The zero-order valence-corrected chi connectivity index (χ0v) is 8.59. The molecule has 1 aromatic heterocycles. The third-order valence-electron chi connectivity index (χ3n) is 1.88. The fourth-order valence-corrected chi connectivity index (χ4v) is 1.81. The summed E-state index contributed by atoms with van der Waals surface area (Å²) < 4.78 is 29.6. The van der Waals surface area contributed by atoms with E-state index in [0.29, 0.717) is 0 Å². The molecular weight excluding hydrogens is 236 g/mol. The molecule has 16 heavy (non-hydrogen) atoms. The minimum absolute atomic E-state index is 0.0275. The van der Waals surface area contributed by atoms with E-state index in [9.17, 15) is 13.6 Å². The highest BCUT2D eigenvalue weighted by atomic mass is 32.1. The number of carboxylic acid groups (broad SMARTS) is 1. The number of halogens is 2. The second kappa shape index (κ2) is 3.97. The molecule has 0 bridgehead atoms. The van der Waals surface area contributed by atoms with Crippen LogP contribution in [0.1, 0.15) is 9.67 Å². The summed E-state index contributed by atoms with van der Waals surface area (Å²) in [5.41, 5.74) is 0.474. The summed E-state index contributed by atoms with van der Waals surface area (Å²) in [5, 5.41) is 8.68. The summed E-state index contributed by atoms with van der Waals surface area (Å²) in [6.45, 7) is 0. The Morgan fingerprint density at radius 2 is 1.81 bits per heavy atom. The quantitative estimate of drug-likeness (QED) is 0.879. The topological polar surface area (TPSA) is 50.2 Å². The standard InChI is InChI=1S/C10H5F2NO2S/c11-6-1-5(2-7(12)3-6)8-4-9(10(14)15)16-13-8/h1-4H,(H,14,15). The third-order valence-corrected chi connectivity index (χ3v) is 2.66. The van der Waals surface area contributed by atoms with Crippen LogP contribution in [0.25, 0.3) is 11.3 Å². The molecule has 0 aliphatic carbocycles. The van der Waals surface area contributed by atoms with E-state index in [-0.39, 0.29) is 16.1 Å². The van der Waals surface area contributed by atoms with E-state index in [0.717, 1.165) is 29.7 Å². The van der Waals surface area contributed by atoms with Gasteiger partial charge in [-0.2, -0.15) is 4.37 Å². The molecule has 0 spiro atoms. The molecule has 0 fully saturated rings. The van der Waals surface area contributed by atoms with Gasteiger partial charge in [-0.05, 0) is 29.7 Å². The van der Waals surface area contributed by atoms with Gasteiger partial charge in [0.2, 0.25) is 0 Å². The molecule has 82 valence electrons. The number of carbonyl (C=O) groups is 1. The van der Waals surface area contributed by atoms with Gasteiger partial charge in [0.15, 0.2) is 0 Å². The SMILES string of the molecule is O=C(O)c1cc(-c2cc(F)cc(F)c2)ns1. The number of hydrogen-bond acceptors (Lipinski definition) is 3. The highest BCUT2D eigenvalue weighted by Gasteiger charge is 2.11. The van der Waals surface area contributed by atoms with Gasteiger partial charge >= 0.3 is 5.97 Å². The third kappa shape index (κ3) is 2.06. The number of aromatic nitrogens is 1. The second-order valence-electron chi connectivity index (χ2n) is 3.04. The molecular formula is C10H5F2NO2S. The van der Waals surface area contributed by atoms with Crippen molar-refractivity contribution in [3.05, 3.63) is 40.8 Å². The molecule has 0 atom stereocenters. The van der Waals surface area contributed by atoms with Gasteiger partial charge in [0.25, 0.3) is 0 Å². The minimum Gasteiger partial charge on any atom is -0.477 e. The smallest absolute Gasteiger partial charge is 0.347 e. The van der Waals surface area contributed by atoms with Gasteiger partial charge in [0.1, 0.15) is 16.5 Å². The van der Waals surface area contributed by atoms with Crippen LogP contribution in [0, 0.1) is 11.6 Å². The van der Waals surface area contributed by atoms with Crippen molar-refractivity contribution in [2.75, 3.05) is 0 Å². The Hall–Kier alpha value is -1.82. The summed E-state index contributed by atoms with van der Waals surface area (Å²) in [4.78, 5) is 10.6. The predicted octanol–water partition coefficient (Wildman–Crippen LogP) is 2.79. The Morgan fingerprint density at radius 3 is 2.31 bits per heavy atom. The normalized spacial score (nSPS) is 10.4. The van der Waals surface area contributed by atoms with Crippen LogP contribution in [-0.4, -0.2) is 15.4 Å². The summed E-state index contributed by atoms with van der Waals surface area (Å²) >= 11 is 0.770. The number of rotatable bonds is 2. The van der Waals surface area contributed by atoms with Crippen molar-refractivity contribution in [2.45, 2.75) is 0 Å². The Balaban J connectivity index is 2.46. The fourth-order valence-electron chi connectivity index (χ4n) is 1.21. The van der Waals surface area contributed by atoms with Gasteiger partial charge < -0.3 is 5.11 Å². The van der Waals surface area contributed by atoms with Gasteiger partial charge in [-0.25, -0.2) is 13.6 Å². The van der Waals surface area contributed by atoms with Gasteiger partial charge in [0, 0.05) is 11.6 Å². The molecule has 0 unspecified atom stereocenters. The van der Waals surface area contributed by atoms with E-state index >= 15 is 0 Å². The lowest BCUT2D eigenvalue weighted by Crippen LogP contribution is -1.90. The van der Waals surface area contributed by atoms with E-state index in [1.54, 1.807) is 0 Å². The predicted molar refractivity (Wildman–Crippen MR) is 54.4 cm³/mol. The van der Waals surface area contributed by atoms with E-state index in [4.69, 9.17) is 5.11 Å². The van der Waals surface area contributed by atoms with Crippen molar-refractivity contribution in [3.8, 4) is 11.3 Å². The zero-order valence-electron chi connectivity index (χ0n) is 7.78. The van der Waals surface area contributed by atoms with E-state index in [1.807, 2.05) is 0 Å². The molecule has 2 aromatic rings. The van der Waals surface area contributed by atoms with Crippen LogP contribution in [0.5, 0.6) is 0 Å². The van der Waals surface area contributed by atoms with Gasteiger partial charge in [-0.3, -0.25) is 0 Å². The number of aromatic carboxylic acids is 1. The fraction of sp³-hybridized carbons (Fsp3) is 0. The van der Waals surface area contributed by atoms with Crippen molar-refractivity contribution in [2.24, 2.45) is 0 Å². The maximum Gasteiger partial charge on any atom is 0.347 e. The van der Waals surface area contributed by atoms with Crippen LogP contribution in [0.4, 0.5) is 8.78 Å². The molecule has 0 aliphatic rings. The van der Waals surface area contributed by atoms with Crippen LogP contribution >= 0.6 is 11.5 Å². The Morgan fingerprint density at radius 1 is 1.19 bits per heavy atom. The first-order valence-electron chi connectivity index (χ1n) is 4.23. The summed E-state index contributed by atoms with van der Waals surface area (Å²) in [7, 11) is 0. The zero-order chi connectivity index (χ0) is 11.7. The molecule has 1 heterocycles. The maximum absolute atomic E-state index is 12.9. The highest BCUT2D eigenvalue weighted by molar-refractivity contribution is 7.08. The second-order valence-corrected chi connectivity index (χ2v) is 3.84. The first-order valence-corrected chi connectivity index (χ1v) is 5.00. The van der Waals surface area contributed by atoms with Crippen LogP contribution < -0.4 is 0 Å². The van der Waals surface area contributed by atoms with E-state index in [1.165, 1.54) is 6.07 Å². The average Bonchev–Trinajstić information content (AvgIpc) is 2.64. The van der Waals surface area contributed by atoms with Crippen LogP contribution in [-0.2, 0) is 0 Å². The molecule has 3 nitrogen and oxygen atoms in total. The minimum atomic E-state index is -1.11. The number of nitrogens with zero attached hydrogens (tertiary/aromatic N) is 1. The van der Waals surface area contributed by atoms with Crippen molar-refractivity contribution in [3.63, 3.8) is 0 Å². The van der Waals surface area contributed by atoms with Crippen molar-refractivity contribution >= 4 is 17.5 Å². The number of benzene rings is 1. The first kappa shape index (κ1) is 10.7. The lowest BCUT2D eigenvalue weighted by atomic mass is 10.1. The Labute approximate surface area is 93.1 Å². The molecule has 0 aliphatic heterocycles. The molecule has 1 N–H and O–H groups in total. The molecule has 6 heteroatoms. The van der Waals surface area contributed by atoms with Gasteiger partial charge in [-0.15, -0.1) is 0 Å². The van der Waals surface area contributed by atoms with Crippen LogP contribution in [0.15, 0.2) is 24.3 Å². The molecule has 2 rings (SSSR count). The summed E-state index contributed by atoms with van der Waals surface area (Å²) in [5.74, 6) is -2.56. The van der Waals surface area contributed by atoms with Crippen LogP contribution in [0.2, 0.25) is 0 Å². The largest absolute Gasteiger partial charge is 0.477 e. The van der Waals surface area contributed by atoms with E-state index < -0.39 is 17.6 Å². The van der Waals surface area contributed by atoms with Gasteiger partial charge in [-0.1, -0.05) is 0 Å². The summed E-state index contributed by atoms with van der Waals surface area (Å²) in [6.07, 6.45) is 0. The number of carboxylic acids is 1. The molecule has 0 amide bonds. The molecule has 0 saturated heterocycles. The van der Waals surface area contributed by atoms with Crippen molar-refractivity contribution in [1.82, 2.24) is 4.37 Å². The average molecular weight is 241 g/mol. The lowest BCUT2D eigenvalue weighted by molar-refractivity contribution is 0.0702. The molecule has 0 saturated carbocycles. The monoisotopic (exact) mass is 241 g/mol. The molecule has 0 radical (unpaired) electrons. The maximum atomic E-state index is 12.9. The van der Waals surface area contributed by atoms with Crippen molar-refractivity contribution < 1.29 is 18.7 Å².